The van der Waals surface area contributed by atoms with Crippen molar-refractivity contribution in [2.75, 3.05) is 0 Å². The summed E-state index contributed by atoms with van der Waals surface area (Å²) in [5, 5.41) is 0. The molecule has 0 heterocycles. The van der Waals surface area contributed by atoms with Gasteiger partial charge in [-0.1, -0.05) is 17.7 Å². The van der Waals surface area contributed by atoms with Gasteiger partial charge >= 0.3 is 0 Å². The number of hydrogen-bond acceptors (Lipinski definition) is 3. The Morgan fingerprint density at radius 1 is 1.28 bits per heavy atom. The van der Waals surface area contributed by atoms with Gasteiger partial charge in [-0.2, -0.15) is 8.42 Å². The highest BCUT2D eigenvalue weighted by Gasteiger charge is 2.42. The van der Waals surface area contributed by atoms with Crippen molar-refractivity contribution >= 4 is 10.1 Å². The maximum Gasteiger partial charge on any atom is 0.297 e. The zero-order chi connectivity index (χ0) is 13.4. The van der Waals surface area contributed by atoms with E-state index in [0.717, 1.165) is 5.56 Å². The number of hydrogen-bond donors (Lipinski definition) is 0. The van der Waals surface area contributed by atoms with E-state index >= 15 is 0 Å². The molecule has 2 rings (SSSR count). The van der Waals surface area contributed by atoms with Crippen molar-refractivity contribution in [1.29, 1.82) is 0 Å². The minimum Gasteiger partial charge on any atom is -0.263 e. The number of rotatable bonds is 3. The van der Waals surface area contributed by atoms with Gasteiger partial charge in [0.05, 0.1) is 11.0 Å². The zero-order valence-corrected chi connectivity index (χ0v) is 10.7. The number of alkyl halides is 2. The van der Waals surface area contributed by atoms with Crippen LogP contribution in [-0.4, -0.2) is 20.4 Å². The molecule has 1 saturated carbocycles. The Hall–Kier alpha value is -1.01. The maximum atomic E-state index is 13.0. The van der Waals surface area contributed by atoms with Crippen LogP contribution in [0.5, 0.6) is 0 Å². The van der Waals surface area contributed by atoms with Gasteiger partial charge in [0.25, 0.3) is 16.0 Å². The summed E-state index contributed by atoms with van der Waals surface area (Å²) in [5.41, 5.74) is 0.918. The van der Waals surface area contributed by atoms with Gasteiger partial charge in [-0.05, 0) is 25.5 Å². The van der Waals surface area contributed by atoms with Crippen molar-refractivity contribution < 1.29 is 21.4 Å². The predicted molar refractivity (Wildman–Crippen MR) is 62.0 cm³/mol. The molecule has 0 aromatic heterocycles. The van der Waals surface area contributed by atoms with Gasteiger partial charge in [0.2, 0.25) is 0 Å². The van der Waals surface area contributed by atoms with Crippen LogP contribution in [0.4, 0.5) is 8.78 Å². The van der Waals surface area contributed by atoms with E-state index in [1.165, 1.54) is 12.1 Å². The van der Waals surface area contributed by atoms with E-state index in [-0.39, 0.29) is 17.7 Å². The summed E-state index contributed by atoms with van der Waals surface area (Å²) in [6.07, 6.45) is -1.71. The second kappa shape index (κ2) is 4.59. The molecule has 1 atom stereocenters. The zero-order valence-electron chi connectivity index (χ0n) is 9.90. The molecule has 0 saturated heterocycles. The van der Waals surface area contributed by atoms with E-state index in [4.69, 9.17) is 4.18 Å². The first-order valence-electron chi connectivity index (χ1n) is 5.66. The molecule has 0 bridgehead atoms. The molecule has 0 spiro atoms. The molecular formula is C12H14F2O3S. The van der Waals surface area contributed by atoms with Gasteiger partial charge in [-0.3, -0.25) is 4.18 Å². The highest BCUT2D eigenvalue weighted by molar-refractivity contribution is 7.86. The minimum atomic E-state index is -3.94. The highest BCUT2D eigenvalue weighted by atomic mass is 32.2. The van der Waals surface area contributed by atoms with E-state index in [0.29, 0.717) is 0 Å². The minimum absolute atomic E-state index is 0.00307. The Kier molecular flexibility index (Phi) is 3.42. The molecule has 1 fully saturated rings. The SMILES string of the molecule is Cc1ccc(S(=O)(=O)OC2CCC(F)(F)C2)cc1. The van der Waals surface area contributed by atoms with Crippen LogP contribution in [-0.2, 0) is 14.3 Å². The van der Waals surface area contributed by atoms with Crippen molar-refractivity contribution in [2.45, 2.75) is 43.1 Å². The summed E-state index contributed by atoms with van der Waals surface area (Å²) in [5.74, 6) is -2.81. The summed E-state index contributed by atoms with van der Waals surface area (Å²) in [7, 11) is -3.94. The first-order valence-corrected chi connectivity index (χ1v) is 7.07. The predicted octanol–water partition coefficient (Wildman–Crippen LogP) is 2.89. The average molecular weight is 276 g/mol. The number of halogens is 2. The molecule has 6 heteroatoms. The first kappa shape index (κ1) is 13.4. The topological polar surface area (TPSA) is 43.4 Å². The molecule has 100 valence electrons. The summed E-state index contributed by atoms with van der Waals surface area (Å²) in [6, 6.07) is 6.11. The van der Waals surface area contributed by atoms with Crippen molar-refractivity contribution in [2.24, 2.45) is 0 Å². The van der Waals surface area contributed by atoms with E-state index in [2.05, 4.69) is 0 Å². The maximum absolute atomic E-state index is 13.0. The van der Waals surface area contributed by atoms with Crippen LogP contribution in [0, 0.1) is 6.92 Å². The lowest BCUT2D eigenvalue weighted by molar-refractivity contribution is -0.000431. The molecule has 0 aliphatic heterocycles. The molecule has 1 aromatic carbocycles. The van der Waals surface area contributed by atoms with E-state index in [1.54, 1.807) is 12.1 Å². The third-order valence-electron chi connectivity index (χ3n) is 2.93. The third kappa shape index (κ3) is 3.05. The van der Waals surface area contributed by atoms with Crippen LogP contribution in [0.3, 0.4) is 0 Å². The molecule has 1 aromatic rings. The van der Waals surface area contributed by atoms with Gasteiger partial charge < -0.3 is 0 Å². The molecule has 0 N–H and O–H groups in total. The van der Waals surface area contributed by atoms with Crippen molar-refractivity contribution in [3.8, 4) is 0 Å². The Morgan fingerprint density at radius 3 is 2.39 bits per heavy atom. The summed E-state index contributed by atoms with van der Waals surface area (Å²) in [4.78, 5) is 0.00307. The summed E-state index contributed by atoms with van der Waals surface area (Å²) >= 11 is 0. The Balaban J connectivity index is 2.11. The Labute approximate surface area is 105 Å². The molecule has 1 aliphatic carbocycles. The molecule has 0 amide bonds. The van der Waals surface area contributed by atoms with E-state index in [1.807, 2.05) is 6.92 Å². The molecule has 1 unspecified atom stereocenters. The quantitative estimate of drug-likeness (QED) is 0.797. The average Bonchev–Trinajstić information content (AvgIpc) is 2.57. The van der Waals surface area contributed by atoms with Gasteiger partial charge in [0.15, 0.2) is 0 Å². The normalized spacial score (nSPS) is 23.2. The van der Waals surface area contributed by atoms with Crippen LogP contribution in [0.25, 0.3) is 0 Å². The fourth-order valence-electron chi connectivity index (χ4n) is 1.93. The lowest BCUT2D eigenvalue weighted by Crippen LogP contribution is -2.18. The van der Waals surface area contributed by atoms with Crippen molar-refractivity contribution in [1.82, 2.24) is 0 Å². The summed E-state index contributed by atoms with van der Waals surface area (Å²) < 4.78 is 54.4. The van der Waals surface area contributed by atoms with Crippen LogP contribution >= 0.6 is 0 Å². The van der Waals surface area contributed by atoms with Crippen LogP contribution in [0.2, 0.25) is 0 Å². The molecule has 0 radical (unpaired) electrons. The number of benzene rings is 1. The monoisotopic (exact) mass is 276 g/mol. The molecular weight excluding hydrogens is 262 g/mol. The van der Waals surface area contributed by atoms with E-state index < -0.39 is 28.6 Å². The lowest BCUT2D eigenvalue weighted by Gasteiger charge is -2.12. The fraction of sp³-hybridized carbons (Fsp3) is 0.500. The first-order chi connectivity index (χ1) is 8.28. The molecule has 3 nitrogen and oxygen atoms in total. The van der Waals surface area contributed by atoms with Crippen LogP contribution in [0.1, 0.15) is 24.8 Å². The summed E-state index contributed by atoms with van der Waals surface area (Å²) in [6.45, 7) is 1.83. The van der Waals surface area contributed by atoms with Crippen LogP contribution < -0.4 is 0 Å². The van der Waals surface area contributed by atoms with Crippen molar-refractivity contribution in [3.05, 3.63) is 29.8 Å². The van der Waals surface area contributed by atoms with Gasteiger partial charge in [-0.15, -0.1) is 0 Å². The van der Waals surface area contributed by atoms with Gasteiger partial charge in [-0.25, -0.2) is 8.78 Å². The van der Waals surface area contributed by atoms with Crippen molar-refractivity contribution in [3.63, 3.8) is 0 Å². The molecule has 18 heavy (non-hydrogen) atoms. The highest BCUT2D eigenvalue weighted by Crippen LogP contribution is 2.37. The second-order valence-corrected chi connectivity index (χ2v) is 6.16. The van der Waals surface area contributed by atoms with E-state index in [9.17, 15) is 17.2 Å². The lowest BCUT2D eigenvalue weighted by atomic mass is 10.2. The molecule has 1 aliphatic rings. The van der Waals surface area contributed by atoms with Crippen LogP contribution in [0.15, 0.2) is 29.2 Å². The largest absolute Gasteiger partial charge is 0.297 e. The fourth-order valence-corrected chi connectivity index (χ4v) is 3.03. The van der Waals surface area contributed by atoms with Gasteiger partial charge in [0.1, 0.15) is 0 Å². The smallest absolute Gasteiger partial charge is 0.263 e. The van der Waals surface area contributed by atoms with Gasteiger partial charge in [0, 0.05) is 12.8 Å². The number of aryl methyl sites for hydroxylation is 1. The Morgan fingerprint density at radius 2 is 1.89 bits per heavy atom. The standard InChI is InChI=1S/C12H14F2O3S/c1-9-2-4-11(5-3-9)18(15,16)17-10-6-7-12(13,14)8-10/h2-5,10H,6-8H2,1H3. The Bertz CT molecular complexity index is 523. The second-order valence-electron chi connectivity index (χ2n) is 4.58. The third-order valence-corrected chi connectivity index (χ3v) is 4.31.